The predicted molar refractivity (Wildman–Crippen MR) is 162 cm³/mol. The molecular formula is C30H51F3N6O2. The van der Waals surface area contributed by atoms with E-state index in [1.165, 1.54) is 25.8 Å². The van der Waals surface area contributed by atoms with Crippen LogP contribution in [0, 0.1) is 0 Å². The van der Waals surface area contributed by atoms with E-state index in [2.05, 4.69) is 34.5 Å². The number of hydrogen-bond acceptors (Lipinski definition) is 5. The number of nitrogens with zero attached hydrogens (tertiary/aromatic N) is 3. The Kier molecular flexibility index (Phi) is 17.6. The minimum Gasteiger partial charge on any atom is -0.449 e. The molecule has 1 amide bonds. The van der Waals surface area contributed by atoms with Crippen molar-refractivity contribution >= 4 is 17.8 Å². The quantitative estimate of drug-likeness (QED) is 0.0700. The first-order valence-electron chi connectivity index (χ1n) is 15.0. The number of ether oxygens (including phenoxy) is 1. The summed E-state index contributed by atoms with van der Waals surface area (Å²) in [6.45, 7) is 11.2. The third-order valence-electron chi connectivity index (χ3n) is 6.60. The fourth-order valence-corrected chi connectivity index (χ4v) is 4.22. The zero-order valence-corrected chi connectivity index (χ0v) is 25.6. The highest BCUT2D eigenvalue weighted by Gasteiger charge is 2.36. The second-order valence-corrected chi connectivity index (χ2v) is 10.3. The second-order valence-electron chi connectivity index (χ2n) is 10.3. The van der Waals surface area contributed by atoms with Crippen molar-refractivity contribution in [3.8, 4) is 0 Å². The van der Waals surface area contributed by atoms with E-state index < -0.39 is 11.7 Å². The molecule has 1 saturated heterocycles. The number of amidine groups is 2. The van der Waals surface area contributed by atoms with Gasteiger partial charge in [-0.05, 0) is 46.0 Å². The Bertz CT molecular complexity index is 941. The van der Waals surface area contributed by atoms with Crippen LogP contribution in [0.5, 0.6) is 0 Å². The third-order valence-corrected chi connectivity index (χ3v) is 6.60. The average molecular weight is 585 g/mol. The van der Waals surface area contributed by atoms with Gasteiger partial charge in [0.1, 0.15) is 11.7 Å². The zero-order valence-electron chi connectivity index (χ0n) is 25.6. The maximum Gasteiger partial charge on any atom is 0.419 e. The van der Waals surface area contributed by atoms with Crippen LogP contribution >= 0.6 is 0 Å². The lowest BCUT2D eigenvalue weighted by Crippen LogP contribution is -2.39. The van der Waals surface area contributed by atoms with Gasteiger partial charge < -0.3 is 26.0 Å². The number of unbranched alkanes of at least 4 members (excludes halogenated alkanes) is 3. The van der Waals surface area contributed by atoms with Gasteiger partial charge in [0.2, 0.25) is 0 Å². The predicted octanol–water partition coefficient (Wildman–Crippen LogP) is 6.96. The molecule has 11 heteroatoms. The number of alkyl halides is 3. The van der Waals surface area contributed by atoms with Crippen LogP contribution in [0.4, 0.5) is 18.0 Å². The molecule has 0 aromatic carbocycles. The lowest BCUT2D eigenvalue weighted by atomic mass is 10.0. The fraction of sp³-hybridized carbons (Fsp3) is 0.700. The summed E-state index contributed by atoms with van der Waals surface area (Å²) in [5.41, 5.74) is 5.89. The summed E-state index contributed by atoms with van der Waals surface area (Å²) in [5, 5.41) is 6.32. The third kappa shape index (κ3) is 15.0. The molecule has 1 unspecified atom stereocenters. The van der Waals surface area contributed by atoms with Crippen molar-refractivity contribution < 1.29 is 22.7 Å². The molecule has 4 N–H and O–H groups in total. The van der Waals surface area contributed by atoms with E-state index in [0.717, 1.165) is 38.3 Å². The molecule has 1 atom stereocenters. The summed E-state index contributed by atoms with van der Waals surface area (Å²) < 4.78 is 47.2. The lowest BCUT2D eigenvalue weighted by Gasteiger charge is -2.26. The van der Waals surface area contributed by atoms with Crippen LogP contribution < -0.4 is 16.4 Å². The number of halogens is 3. The van der Waals surface area contributed by atoms with Crippen LogP contribution in [-0.4, -0.2) is 61.1 Å². The van der Waals surface area contributed by atoms with Crippen molar-refractivity contribution in [3.63, 3.8) is 0 Å². The normalized spacial score (nSPS) is 17.0. The maximum absolute atomic E-state index is 14.1. The van der Waals surface area contributed by atoms with E-state index in [0.29, 0.717) is 50.6 Å². The molecular weight excluding hydrogens is 533 g/mol. The maximum atomic E-state index is 14.1. The van der Waals surface area contributed by atoms with E-state index in [9.17, 15) is 18.0 Å². The van der Waals surface area contributed by atoms with Crippen LogP contribution in [0.3, 0.4) is 0 Å². The minimum absolute atomic E-state index is 0.0422. The van der Waals surface area contributed by atoms with Gasteiger partial charge in [-0.1, -0.05) is 59.0 Å². The molecule has 1 heterocycles. The number of nitrogens with one attached hydrogen (secondary N) is 2. The van der Waals surface area contributed by atoms with Gasteiger partial charge in [-0.25, -0.2) is 14.8 Å². The summed E-state index contributed by atoms with van der Waals surface area (Å²) in [4.78, 5) is 21.6. The number of aliphatic imine (C=N–C) groups is 2. The fourth-order valence-electron chi connectivity index (χ4n) is 4.22. The molecule has 234 valence electrons. The standard InChI is InChI=1S/C30H51F3N6O2/c1-6-9-11-15-25(14-8-3)37-21-23(4)28(34)38-24(5)36-22-26(30(31,32)33)27(16-10-7-2)35-17-12-18-39-19-13-20-41-29(39)40/h16,21-22,25,35,37H,6-15,17-20H2,1-5H3,(H2,34,36,38)/b23-21-,26-22+,27-16-. The van der Waals surface area contributed by atoms with Crippen LogP contribution in [0.15, 0.2) is 45.3 Å². The first-order valence-corrected chi connectivity index (χ1v) is 15.0. The van der Waals surface area contributed by atoms with Gasteiger partial charge in [0, 0.05) is 49.3 Å². The highest BCUT2D eigenvalue weighted by molar-refractivity contribution is 6.04. The van der Waals surface area contributed by atoms with Crippen LogP contribution in [0.25, 0.3) is 0 Å². The number of allylic oxidation sites excluding steroid dienone is 2. The molecule has 8 nitrogen and oxygen atoms in total. The summed E-state index contributed by atoms with van der Waals surface area (Å²) in [5.74, 6) is 0.309. The monoisotopic (exact) mass is 584 g/mol. The average Bonchev–Trinajstić information content (AvgIpc) is 2.92. The van der Waals surface area contributed by atoms with E-state index in [1.54, 1.807) is 4.90 Å². The first kappa shape index (κ1) is 36.0. The van der Waals surface area contributed by atoms with Gasteiger partial charge in [-0.2, -0.15) is 13.2 Å². The van der Waals surface area contributed by atoms with E-state index >= 15 is 0 Å². The Morgan fingerprint density at radius 1 is 1.12 bits per heavy atom. The largest absolute Gasteiger partial charge is 0.449 e. The lowest BCUT2D eigenvalue weighted by molar-refractivity contribution is -0.0900. The van der Waals surface area contributed by atoms with Gasteiger partial charge in [0.15, 0.2) is 0 Å². The highest BCUT2D eigenvalue weighted by atomic mass is 19.4. The van der Waals surface area contributed by atoms with Crippen molar-refractivity contribution in [1.29, 1.82) is 0 Å². The number of carbonyl (C=O) groups excluding carboxylic acids is 1. The summed E-state index contributed by atoms with van der Waals surface area (Å²) in [7, 11) is 0. The van der Waals surface area contributed by atoms with Gasteiger partial charge >= 0.3 is 12.3 Å². The number of rotatable bonds is 18. The molecule has 1 fully saturated rings. The van der Waals surface area contributed by atoms with Gasteiger partial charge in [0.25, 0.3) is 0 Å². The Morgan fingerprint density at radius 2 is 1.88 bits per heavy atom. The topological polar surface area (TPSA) is 104 Å². The molecule has 0 aliphatic carbocycles. The summed E-state index contributed by atoms with van der Waals surface area (Å²) in [6, 6.07) is 0.343. The molecule has 1 aliphatic heterocycles. The molecule has 0 radical (unpaired) electrons. The zero-order chi connectivity index (χ0) is 30.7. The molecule has 0 saturated carbocycles. The first-order chi connectivity index (χ1) is 19.5. The highest BCUT2D eigenvalue weighted by Crippen LogP contribution is 2.30. The molecule has 0 bridgehead atoms. The Hall–Kier alpha value is -2.98. The molecule has 1 rings (SSSR count). The number of hydrogen-bond donors (Lipinski definition) is 3. The number of cyclic esters (lactones) is 1. The van der Waals surface area contributed by atoms with Crippen molar-refractivity contribution in [2.45, 2.75) is 111 Å². The summed E-state index contributed by atoms with van der Waals surface area (Å²) >= 11 is 0. The number of carbonyl (C=O) groups is 1. The van der Waals surface area contributed by atoms with Crippen LogP contribution in [-0.2, 0) is 4.74 Å². The minimum atomic E-state index is -4.63. The Labute approximate surface area is 244 Å². The van der Waals surface area contributed by atoms with Crippen molar-refractivity contribution in [3.05, 3.63) is 35.3 Å². The van der Waals surface area contributed by atoms with Crippen molar-refractivity contribution in [2.75, 3.05) is 26.2 Å². The Balaban J connectivity index is 2.97. The van der Waals surface area contributed by atoms with Crippen LogP contribution in [0.2, 0.25) is 0 Å². The molecule has 0 aromatic heterocycles. The summed E-state index contributed by atoms with van der Waals surface area (Å²) in [6.07, 6.45) is 8.22. The van der Waals surface area contributed by atoms with Crippen LogP contribution in [0.1, 0.15) is 98.8 Å². The van der Waals surface area contributed by atoms with Gasteiger partial charge in [0.05, 0.1) is 12.2 Å². The SMILES string of the molecule is CCC/C=C(NCCCN1CCCOC1=O)/C(=C\N=C(C)N=C(N)/C(C)=C\NC(CCC)CCCCC)C(F)(F)F. The van der Waals surface area contributed by atoms with Crippen molar-refractivity contribution in [2.24, 2.45) is 15.7 Å². The molecule has 0 spiro atoms. The number of amides is 1. The Morgan fingerprint density at radius 3 is 2.51 bits per heavy atom. The van der Waals surface area contributed by atoms with Gasteiger partial charge in [-0.15, -0.1) is 0 Å². The van der Waals surface area contributed by atoms with E-state index in [4.69, 9.17) is 10.5 Å². The van der Waals surface area contributed by atoms with E-state index in [1.807, 2.05) is 20.0 Å². The smallest absolute Gasteiger partial charge is 0.419 e. The second kappa shape index (κ2) is 20.0. The van der Waals surface area contributed by atoms with Gasteiger partial charge in [-0.3, -0.25) is 0 Å². The number of nitrogens with two attached hydrogens (primary N) is 1. The van der Waals surface area contributed by atoms with E-state index in [-0.39, 0.29) is 30.0 Å². The molecule has 1 aliphatic rings. The molecule has 41 heavy (non-hydrogen) atoms. The molecule has 0 aromatic rings. The van der Waals surface area contributed by atoms with Crippen molar-refractivity contribution in [1.82, 2.24) is 15.5 Å².